The molecule has 0 aromatic heterocycles. The Hall–Kier alpha value is -1.40. The van der Waals surface area contributed by atoms with Crippen molar-refractivity contribution < 1.29 is 13.2 Å². The molecule has 3 aliphatic rings. The van der Waals surface area contributed by atoms with E-state index in [0.717, 1.165) is 43.4 Å². The molecule has 5 nitrogen and oxygen atoms in total. The summed E-state index contributed by atoms with van der Waals surface area (Å²) in [6, 6.07) is 5.32. The lowest BCUT2D eigenvalue weighted by Crippen LogP contribution is -2.49. The van der Waals surface area contributed by atoms with E-state index in [2.05, 4.69) is 5.32 Å². The zero-order valence-corrected chi connectivity index (χ0v) is 14.6. The number of carbonyl (C=O) groups excluding carboxylic acids is 1. The molecule has 1 aromatic carbocycles. The quantitative estimate of drug-likeness (QED) is 0.894. The van der Waals surface area contributed by atoms with Gasteiger partial charge in [-0.25, -0.2) is 8.42 Å². The summed E-state index contributed by atoms with van der Waals surface area (Å²) in [5, 5.41) is 2.82. The molecule has 4 rings (SSSR count). The van der Waals surface area contributed by atoms with Crippen LogP contribution in [-0.2, 0) is 21.2 Å². The van der Waals surface area contributed by atoms with Crippen molar-refractivity contribution in [3.8, 4) is 0 Å². The topological polar surface area (TPSA) is 66.5 Å². The molecule has 1 saturated heterocycles. The number of nitrogens with one attached hydrogen (secondary N) is 1. The molecule has 1 saturated carbocycles. The average molecular weight is 348 g/mol. The fourth-order valence-electron chi connectivity index (χ4n) is 4.53. The predicted molar refractivity (Wildman–Crippen MR) is 92.3 cm³/mol. The van der Waals surface area contributed by atoms with Gasteiger partial charge in [-0.3, -0.25) is 4.79 Å². The van der Waals surface area contributed by atoms with E-state index in [1.807, 2.05) is 0 Å². The van der Waals surface area contributed by atoms with E-state index in [1.54, 1.807) is 22.5 Å². The number of carbonyl (C=O) groups is 1. The second-order valence-electron chi connectivity index (χ2n) is 7.24. The van der Waals surface area contributed by atoms with E-state index in [9.17, 15) is 13.2 Å². The van der Waals surface area contributed by atoms with Gasteiger partial charge in [-0.2, -0.15) is 4.31 Å². The molecule has 2 atom stereocenters. The molecule has 1 amide bonds. The van der Waals surface area contributed by atoms with Crippen molar-refractivity contribution >= 4 is 21.6 Å². The summed E-state index contributed by atoms with van der Waals surface area (Å²) in [6.45, 7) is 0.636. The van der Waals surface area contributed by atoms with E-state index in [0.29, 0.717) is 30.2 Å². The molecule has 1 aromatic rings. The summed E-state index contributed by atoms with van der Waals surface area (Å²) in [5.74, 6) is 0.526. The van der Waals surface area contributed by atoms with Crippen LogP contribution < -0.4 is 5.32 Å². The van der Waals surface area contributed by atoms with E-state index in [1.165, 1.54) is 6.42 Å². The average Bonchev–Trinajstić information content (AvgIpc) is 2.60. The fourth-order valence-corrected chi connectivity index (χ4v) is 6.34. The number of piperidine rings is 1. The van der Waals surface area contributed by atoms with Gasteiger partial charge in [0.2, 0.25) is 15.9 Å². The first-order valence-electron chi connectivity index (χ1n) is 9.00. The molecule has 2 heterocycles. The zero-order chi connectivity index (χ0) is 16.7. The van der Waals surface area contributed by atoms with Crippen molar-refractivity contribution in [2.75, 3.05) is 11.9 Å². The minimum absolute atomic E-state index is 0.000755. The first-order chi connectivity index (χ1) is 11.6. The number of anilines is 1. The summed E-state index contributed by atoms with van der Waals surface area (Å²) in [5.41, 5.74) is 1.67. The highest BCUT2D eigenvalue weighted by molar-refractivity contribution is 7.89. The van der Waals surface area contributed by atoms with Crippen LogP contribution in [0.4, 0.5) is 5.69 Å². The van der Waals surface area contributed by atoms with Gasteiger partial charge in [0.15, 0.2) is 0 Å². The van der Waals surface area contributed by atoms with Gasteiger partial charge >= 0.3 is 0 Å². The molecular formula is C18H24N2O3S. The van der Waals surface area contributed by atoms with Crippen LogP contribution >= 0.6 is 0 Å². The number of amides is 1. The van der Waals surface area contributed by atoms with Crippen LogP contribution in [0.1, 0.15) is 50.5 Å². The van der Waals surface area contributed by atoms with Crippen LogP contribution in [0.3, 0.4) is 0 Å². The lowest BCUT2D eigenvalue weighted by Gasteiger charge is -2.43. The third-order valence-electron chi connectivity index (χ3n) is 5.77. The lowest BCUT2D eigenvalue weighted by molar-refractivity contribution is -0.116. The van der Waals surface area contributed by atoms with Crippen LogP contribution in [0.25, 0.3) is 0 Å². The summed E-state index contributed by atoms with van der Waals surface area (Å²) in [6.07, 6.45) is 7.66. The second-order valence-corrected chi connectivity index (χ2v) is 9.13. The molecule has 1 aliphatic carbocycles. The largest absolute Gasteiger partial charge is 0.326 e. The summed E-state index contributed by atoms with van der Waals surface area (Å²) in [7, 11) is -3.46. The smallest absolute Gasteiger partial charge is 0.243 e. The molecular weight excluding hydrogens is 324 g/mol. The van der Waals surface area contributed by atoms with Crippen LogP contribution in [0, 0.1) is 5.92 Å². The van der Waals surface area contributed by atoms with Crippen molar-refractivity contribution in [2.24, 2.45) is 5.92 Å². The number of nitrogens with zero attached hydrogens (tertiary/aromatic N) is 1. The predicted octanol–water partition coefficient (Wildman–Crippen LogP) is 2.91. The highest BCUT2D eigenvalue weighted by Gasteiger charge is 2.40. The Labute approximate surface area is 143 Å². The molecule has 0 bridgehead atoms. The van der Waals surface area contributed by atoms with Gasteiger partial charge < -0.3 is 5.32 Å². The number of rotatable bonds is 2. The van der Waals surface area contributed by atoms with Crippen LogP contribution in [0.15, 0.2) is 23.1 Å². The number of sulfonamides is 1. The van der Waals surface area contributed by atoms with E-state index >= 15 is 0 Å². The highest BCUT2D eigenvalue weighted by atomic mass is 32.2. The van der Waals surface area contributed by atoms with Crippen molar-refractivity contribution in [3.63, 3.8) is 0 Å². The van der Waals surface area contributed by atoms with Gasteiger partial charge in [0.25, 0.3) is 0 Å². The zero-order valence-electron chi connectivity index (χ0n) is 13.8. The highest BCUT2D eigenvalue weighted by Crippen LogP contribution is 2.38. The van der Waals surface area contributed by atoms with E-state index in [-0.39, 0.29) is 11.9 Å². The molecule has 2 aliphatic heterocycles. The van der Waals surface area contributed by atoms with Gasteiger partial charge in [0, 0.05) is 24.7 Å². The van der Waals surface area contributed by atoms with E-state index < -0.39 is 10.0 Å². The Bertz CT molecular complexity index is 758. The van der Waals surface area contributed by atoms with Crippen LogP contribution in [-0.4, -0.2) is 31.2 Å². The molecule has 1 N–H and O–H groups in total. The maximum atomic E-state index is 13.2. The minimum atomic E-state index is -3.46. The number of benzene rings is 1. The third-order valence-corrected chi connectivity index (χ3v) is 7.69. The van der Waals surface area contributed by atoms with Gasteiger partial charge in [-0.1, -0.05) is 12.8 Å². The van der Waals surface area contributed by atoms with Crippen LogP contribution in [0.5, 0.6) is 0 Å². The maximum absolute atomic E-state index is 13.2. The van der Waals surface area contributed by atoms with Crippen molar-refractivity contribution in [1.29, 1.82) is 0 Å². The van der Waals surface area contributed by atoms with Crippen LogP contribution in [0.2, 0.25) is 0 Å². The number of hydrogen-bond donors (Lipinski definition) is 1. The SMILES string of the molecule is O=C1CCc2cc(S(=O)(=O)N3CCC[C@H]4CCCC[C@@H]43)ccc2N1. The first-order valence-corrected chi connectivity index (χ1v) is 10.4. The minimum Gasteiger partial charge on any atom is -0.326 e. The molecule has 6 heteroatoms. The molecule has 24 heavy (non-hydrogen) atoms. The normalized spacial score (nSPS) is 27.9. The number of aryl methyl sites for hydroxylation is 1. The first kappa shape index (κ1) is 16.1. The maximum Gasteiger partial charge on any atom is 0.243 e. The van der Waals surface area contributed by atoms with Gasteiger partial charge in [-0.15, -0.1) is 0 Å². The monoisotopic (exact) mass is 348 g/mol. The number of hydrogen-bond acceptors (Lipinski definition) is 3. The Balaban J connectivity index is 1.66. The van der Waals surface area contributed by atoms with Crippen molar-refractivity contribution in [2.45, 2.75) is 62.3 Å². The standard InChI is InChI=1S/C18H24N2O3S/c21-18-10-7-14-12-15(8-9-16(14)19-18)24(22,23)20-11-3-5-13-4-1-2-6-17(13)20/h8-9,12-13,17H,1-7,10-11H2,(H,19,21)/t13-,17+/m1/s1. The summed E-state index contributed by atoms with van der Waals surface area (Å²) < 4.78 is 28.2. The van der Waals surface area contributed by atoms with E-state index in [4.69, 9.17) is 0 Å². The Morgan fingerprint density at radius 1 is 1.04 bits per heavy atom. The number of fused-ring (bicyclic) bond motifs is 2. The third kappa shape index (κ3) is 2.75. The summed E-state index contributed by atoms with van der Waals surface area (Å²) >= 11 is 0. The molecule has 2 fully saturated rings. The van der Waals surface area contributed by atoms with Crippen molar-refractivity contribution in [3.05, 3.63) is 23.8 Å². The molecule has 130 valence electrons. The lowest BCUT2D eigenvalue weighted by atomic mass is 9.79. The molecule has 0 unspecified atom stereocenters. The fraction of sp³-hybridized carbons (Fsp3) is 0.611. The Kier molecular flexibility index (Phi) is 4.12. The summed E-state index contributed by atoms with van der Waals surface area (Å²) in [4.78, 5) is 11.9. The second kappa shape index (κ2) is 6.15. The van der Waals surface area contributed by atoms with Crippen molar-refractivity contribution in [1.82, 2.24) is 4.31 Å². The Morgan fingerprint density at radius 3 is 2.71 bits per heavy atom. The molecule has 0 radical (unpaired) electrons. The van der Waals surface area contributed by atoms with Gasteiger partial charge in [0.1, 0.15) is 0 Å². The van der Waals surface area contributed by atoms with Gasteiger partial charge in [-0.05, 0) is 61.8 Å². The van der Waals surface area contributed by atoms with Gasteiger partial charge in [0.05, 0.1) is 4.90 Å². The Morgan fingerprint density at radius 2 is 1.83 bits per heavy atom. The molecule has 0 spiro atoms.